The van der Waals surface area contributed by atoms with Gasteiger partial charge in [-0.05, 0) is 30.5 Å². The molecule has 0 saturated heterocycles. The smallest absolute Gasteiger partial charge is 0.193 e. The van der Waals surface area contributed by atoms with Crippen molar-refractivity contribution in [2.45, 2.75) is 19.8 Å². The Labute approximate surface area is 137 Å². The Kier molecular flexibility index (Phi) is 11.4. The summed E-state index contributed by atoms with van der Waals surface area (Å²) in [4.78, 5) is 4.21. The van der Waals surface area contributed by atoms with Gasteiger partial charge in [0.2, 0.25) is 0 Å². The number of aliphatic imine (C=N–C) groups is 1. The van der Waals surface area contributed by atoms with Crippen molar-refractivity contribution >= 4 is 35.6 Å². The zero-order valence-corrected chi connectivity index (χ0v) is 14.2. The summed E-state index contributed by atoms with van der Waals surface area (Å²) in [6.07, 6.45) is 1.78. The van der Waals surface area contributed by atoms with Gasteiger partial charge in [-0.15, -0.1) is 24.0 Å². The highest BCUT2D eigenvalue weighted by Gasteiger charge is 1.96. The van der Waals surface area contributed by atoms with Crippen molar-refractivity contribution in [3.8, 4) is 0 Å². The molecule has 0 aliphatic rings. The first-order valence-electron chi connectivity index (χ1n) is 6.60. The van der Waals surface area contributed by atoms with Gasteiger partial charge in [-0.1, -0.05) is 19.1 Å². The fraction of sp³-hybridized carbons (Fsp3) is 0.500. The molecule has 114 valence electrons. The molecule has 0 heterocycles. The molecule has 0 aliphatic heterocycles. The third-order valence-electron chi connectivity index (χ3n) is 2.57. The SMILES string of the molecule is CCc1cccc(NC(N)=NCCCOCCO)c1.I. The third-order valence-corrected chi connectivity index (χ3v) is 2.57. The van der Waals surface area contributed by atoms with Crippen LogP contribution in [0.25, 0.3) is 0 Å². The van der Waals surface area contributed by atoms with E-state index in [0.717, 1.165) is 18.5 Å². The molecule has 0 aromatic heterocycles. The Balaban J connectivity index is 0.00000361. The number of nitrogens with zero attached hydrogens (tertiary/aromatic N) is 1. The highest BCUT2D eigenvalue weighted by atomic mass is 127. The van der Waals surface area contributed by atoms with Crippen LogP contribution < -0.4 is 11.1 Å². The molecule has 6 heteroatoms. The maximum Gasteiger partial charge on any atom is 0.193 e. The molecule has 0 spiro atoms. The summed E-state index contributed by atoms with van der Waals surface area (Å²) in [5.41, 5.74) is 8.01. The minimum atomic E-state index is 0. The molecule has 0 saturated carbocycles. The maximum absolute atomic E-state index is 8.54. The molecular weight excluding hydrogens is 369 g/mol. The fourth-order valence-corrected chi connectivity index (χ4v) is 1.59. The standard InChI is InChI=1S/C14H23N3O2.HI/c1-2-12-5-3-6-13(11-12)17-14(15)16-7-4-9-19-10-8-18;/h3,5-6,11,18H,2,4,7-10H2,1H3,(H3,15,16,17);1H. The van der Waals surface area contributed by atoms with Crippen LogP contribution >= 0.6 is 24.0 Å². The highest BCUT2D eigenvalue weighted by molar-refractivity contribution is 14.0. The van der Waals surface area contributed by atoms with Crippen molar-refractivity contribution < 1.29 is 9.84 Å². The summed E-state index contributed by atoms with van der Waals surface area (Å²) >= 11 is 0. The monoisotopic (exact) mass is 393 g/mol. The number of hydrogen-bond acceptors (Lipinski definition) is 3. The van der Waals surface area contributed by atoms with Crippen LogP contribution in [0.5, 0.6) is 0 Å². The van der Waals surface area contributed by atoms with Crippen LogP contribution in [-0.2, 0) is 11.2 Å². The summed E-state index contributed by atoms with van der Waals surface area (Å²) in [6, 6.07) is 8.10. The molecule has 1 rings (SSSR count). The normalized spacial score (nSPS) is 11.0. The number of aliphatic hydroxyl groups excluding tert-OH is 1. The van der Waals surface area contributed by atoms with E-state index in [0.29, 0.717) is 25.7 Å². The highest BCUT2D eigenvalue weighted by Crippen LogP contribution is 2.10. The predicted molar refractivity (Wildman–Crippen MR) is 93.9 cm³/mol. The van der Waals surface area contributed by atoms with Gasteiger partial charge in [0.1, 0.15) is 0 Å². The molecule has 0 aliphatic carbocycles. The molecule has 0 amide bonds. The first-order chi connectivity index (χ1) is 9.26. The first kappa shape index (κ1) is 19.1. The predicted octanol–water partition coefficient (Wildman–Crippen LogP) is 1.99. The van der Waals surface area contributed by atoms with Gasteiger partial charge >= 0.3 is 0 Å². The molecule has 1 aromatic rings. The second kappa shape index (κ2) is 11.9. The number of guanidine groups is 1. The minimum absolute atomic E-state index is 0. The number of nitrogens with one attached hydrogen (secondary N) is 1. The van der Waals surface area contributed by atoms with Crippen molar-refractivity contribution in [1.82, 2.24) is 0 Å². The number of anilines is 1. The Morgan fingerprint density at radius 2 is 2.20 bits per heavy atom. The lowest BCUT2D eigenvalue weighted by molar-refractivity contribution is 0.0918. The number of aliphatic hydroxyl groups is 1. The number of halogens is 1. The second-order valence-corrected chi connectivity index (χ2v) is 4.14. The number of benzene rings is 1. The number of nitrogens with two attached hydrogens (primary N) is 1. The van der Waals surface area contributed by atoms with Crippen molar-refractivity contribution in [2.75, 3.05) is 31.7 Å². The molecule has 0 unspecified atom stereocenters. The second-order valence-electron chi connectivity index (χ2n) is 4.14. The van der Waals surface area contributed by atoms with Crippen LogP contribution in [0.1, 0.15) is 18.9 Å². The lowest BCUT2D eigenvalue weighted by Crippen LogP contribution is -2.23. The van der Waals surface area contributed by atoms with E-state index in [1.54, 1.807) is 0 Å². The third kappa shape index (κ3) is 8.34. The summed E-state index contributed by atoms with van der Waals surface area (Å²) < 4.78 is 5.13. The first-order valence-corrected chi connectivity index (χ1v) is 6.60. The molecule has 20 heavy (non-hydrogen) atoms. The average molecular weight is 393 g/mol. The largest absolute Gasteiger partial charge is 0.394 e. The Hall–Kier alpha value is -0.860. The molecule has 1 aromatic carbocycles. The van der Waals surface area contributed by atoms with E-state index in [-0.39, 0.29) is 30.6 Å². The van der Waals surface area contributed by atoms with Crippen molar-refractivity contribution in [3.05, 3.63) is 29.8 Å². The Morgan fingerprint density at radius 3 is 2.90 bits per heavy atom. The van der Waals surface area contributed by atoms with Gasteiger partial charge in [0.15, 0.2) is 5.96 Å². The van der Waals surface area contributed by atoms with Gasteiger partial charge in [-0.2, -0.15) is 0 Å². The van der Waals surface area contributed by atoms with Crippen LogP contribution in [0.2, 0.25) is 0 Å². The van der Waals surface area contributed by atoms with E-state index in [1.165, 1.54) is 5.56 Å². The van der Waals surface area contributed by atoms with Crippen LogP contribution in [0.4, 0.5) is 5.69 Å². The Morgan fingerprint density at radius 1 is 1.40 bits per heavy atom. The van der Waals surface area contributed by atoms with Gasteiger partial charge in [-0.25, -0.2) is 0 Å². The number of rotatable bonds is 8. The lowest BCUT2D eigenvalue weighted by atomic mass is 10.1. The molecule has 4 N–H and O–H groups in total. The van der Waals surface area contributed by atoms with Gasteiger partial charge < -0.3 is 20.9 Å². The van der Waals surface area contributed by atoms with Crippen molar-refractivity contribution in [1.29, 1.82) is 0 Å². The van der Waals surface area contributed by atoms with E-state index in [9.17, 15) is 0 Å². The average Bonchev–Trinajstić information content (AvgIpc) is 2.43. The van der Waals surface area contributed by atoms with Crippen molar-refractivity contribution in [2.24, 2.45) is 10.7 Å². The summed E-state index contributed by atoms with van der Waals surface area (Å²) in [6.45, 7) is 3.74. The van der Waals surface area contributed by atoms with Crippen LogP contribution in [0, 0.1) is 0 Å². The molecule has 0 bridgehead atoms. The van der Waals surface area contributed by atoms with Gasteiger partial charge in [0, 0.05) is 18.8 Å². The topological polar surface area (TPSA) is 79.9 Å². The molecule has 0 fully saturated rings. The van der Waals surface area contributed by atoms with Crippen LogP contribution in [0.3, 0.4) is 0 Å². The number of aryl methyl sites for hydroxylation is 1. The Bertz CT molecular complexity index is 400. The van der Waals surface area contributed by atoms with E-state index >= 15 is 0 Å². The van der Waals surface area contributed by atoms with E-state index < -0.39 is 0 Å². The van der Waals surface area contributed by atoms with E-state index in [2.05, 4.69) is 29.4 Å². The van der Waals surface area contributed by atoms with Gasteiger partial charge in [-0.3, -0.25) is 4.99 Å². The van der Waals surface area contributed by atoms with E-state index in [1.807, 2.05) is 12.1 Å². The van der Waals surface area contributed by atoms with Gasteiger partial charge in [0.25, 0.3) is 0 Å². The van der Waals surface area contributed by atoms with Crippen molar-refractivity contribution in [3.63, 3.8) is 0 Å². The summed E-state index contributed by atoms with van der Waals surface area (Å²) in [5, 5.41) is 11.6. The van der Waals surface area contributed by atoms with Gasteiger partial charge in [0.05, 0.1) is 13.2 Å². The molecule has 5 nitrogen and oxygen atoms in total. The number of hydrogen-bond donors (Lipinski definition) is 3. The minimum Gasteiger partial charge on any atom is -0.394 e. The summed E-state index contributed by atoms with van der Waals surface area (Å²) in [5.74, 6) is 0.412. The van der Waals surface area contributed by atoms with Crippen LogP contribution in [0.15, 0.2) is 29.3 Å². The lowest BCUT2D eigenvalue weighted by Gasteiger charge is -2.07. The van der Waals surface area contributed by atoms with E-state index in [4.69, 9.17) is 15.6 Å². The van der Waals surface area contributed by atoms with Crippen LogP contribution in [-0.4, -0.2) is 37.4 Å². The quantitative estimate of drug-likeness (QED) is 0.273. The zero-order chi connectivity index (χ0) is 13.9. The summed E-state index contributed by atoms with van der Waals surface area (Å²) in [7, 11) is 0. The molecule has 0 atom stereocenters. The fourth-order valence-electron chi connectivity index (χ4n) is 1.59. The number of ether oxygens (including phenoxy) is 1. The molecular formula is C14H24IN3O2. The zero-order valence-electron chi connectivity index (χ0n) is 11.8. The maximum atomic E-state index is 8.54. The molecule has 0 radical (unpaired) electrons.